The maximum absolute atomic E-state index is 14.0. The van der Waals surface area contributed by atoms with Gasteiger partial charge in [0.2, 0.25) is 10.0 Å². The van der Waals surface area contributed by atoms with Crippen LogP contribution in [0.3, 0.4) is 0 Å². The number of carbonyl (C=O) groups is 1. The van der Waals surface area contributed by atoms with E-state index < -0.39 is 27.5 Å². The van der Waals surface area contributed by atoms with Crippen molar-refractivity contribution < 1.29 is 13.2 Å². The van der Waals surface area contributed by atoms with Gasteiger partial charge in [-0.15, -0.1) is 0 Å². The van der Waals surface area contributed by atoms with Crippen molar-refractivity contribution in [3.8, 4) is 0 Å². The number of nitrogens with one attached hydrogen (secondary N) is 1. The number of nitrogens with zero attached hydrogens (tertiary/aromatic N) is 1. The molecule has 33 heavy (non-hydrogen) atoms. The molecule has 0 aromatic heterocycles. The number of hydrogen-bond acceptors (Lipinski definition) is 5. The molecule has 7 heteroatoms. The third-order valence-electron chi connectivity index (χ3n) is 7.54. The lowest BCUT2D eigenvalue weighted by atomic mass is 9.68. The van der Waals surface area contributed by atoms with E-state index in [9.17, 15) is 13.2 Å². The van der Waals surface area contributed by atoms with E-state index in [-0.39, 0.29) is 5.78 Å². The van der Waals surface area contributed by atoms with Crippen molar-refractivity contribution in [2.75, 3.05) is 23.7 Å². The van der Waals surface area contributed by atoms with Crippen molar-refractivity contribution in [1.82, 2.24) is 5.32 Å². The van der Waals surface area contributed by atoms with Gasteiger partial charge in [0.25, 0.3) is 0 Å². The Bertz CT molecular complexity index is 1210. The largest absolute Gasteiger partial charge is 0.321 e. The van der Waals surface area contributed by atoms with Gasteiger partial charge in [0.05, 0.1) is 18.0 Å². The molecule has 3 aliphatic rings. The van der Waals surface area contributed by atoms with E-state index in [0.717, 1.165) is 37.1 Å². The molecule has 2 aromatic carbocycles. The van der Waals surface area contributed by atoms with E-state index >= 15 is 0 Å². The lowest BCUT2D eigenvalue weighted by Gasteiger charge is -2.41. The van der Waals surface area contributed by atoms with E-state index in [4.69, 9.17) is 5.73 Å². The van der Waals surface area contributed by atoms with Crippen LogP contribution in [0.2, 0.25) is 0 Å². The minimum Gasteiger partial charge on any atom is -0.321 e. The van der Waals surface area contributed by atoms with Crippen LogP contribution < -0.4 is 15.4 Å². The second-order valence-electron chi connectivity index (χ2n) is 9.60. The van der Waals surface area contributed by atoms with Gasteiger partial charge >= 0.3 is 0 Å². The maximum atomic E-state index is 14.0. The summed E-state index contributed by atoms with van der Waals surface area (Å²) in [5.41, 5.74) is 11.2. The van der Waals surface area contributed by atoms with Gasteiger partial charge in [0.15, 0.2) is 5.78 Å². The molecule has 1 fully saturated rings. The fourth-order valence-corrected chi connectivity index (χ4v) is 7.21. The number of benzene rings is 2. The van der Waals surface area contributed by atoms with Gasteiger partial charge in [-0.1, -0.05) is 54.1 Å². The molecule has 174 valence electrons. The second-order valence-corrected chi connectivity index (χ2v) is 11.5. The minimum atomic E-state index is -3.67. The Morgan fingerprint density at radius 1 is 1.12 bits per heavy atom. The summed E-state index contributed by atoms with van der Waals surface area (Å²) in [4.78, 5) is 14.0. The highest BCUT2D eigenvalue weighted by Crippen LogP contribution is 2.51. The summed E-state index contributed by atoms with van der Waals surface area (Å²) >= 11 is 0. The van der Waals surface area contributed by atoms with Gasteiger partial charge in [0.1, 0.15) is 6.04 Å². The van der Waals surface area contributed by atoms with Crippen molar-refractivity contribution in [3.05, 3.63) is 70.8 Å². The normalized spacial score (nSPS) is 22.4. The molecule has 1 saturated heterocycles. The molecule has 2 unspecified atom stereocenters. The lowest BCUT2D eigenvalue weighted by Crippen LogP contribution is -2.59. The Kier molecular flexibility index (Phi) is 5.67. The van der Waals surface area contributed by atoms with E-state index in [2.05, 4.69) is 23.5 Å². The van der Waals surface area contributed by atoms with Crippen LogP contribution in [-0.2, 0) is 26.7 Å². The smallest absolute Gasteiger partial charge is 0.232 e. The maximum Gasteiger partial charge on any atom is 0.232 e. The number of sulfonamides is 1. The fourth-order valence-electron chi connectivity index (χ4n) is 6.01. The summed E-state index contributed by atoms with van der Waals surface area (Å²) in [7, 11) is -3.67. The zero-order chi connectivity index (χ0) is 23.2. The molecule has 2 aromatic rings. The van der Waals surface area contributed by atoms with Crippen LogP contribution >= 0.6 is 0 Å². The standard InChI is InChI=1S/C26H31N3O3S/c1-33(31,32)29-23-9-5-4-8-21(23)26(12-14-28-15-13-26)25(29)24(30)22(27)17-18-10-11-19-6-2-3-7-20(19)16-18/h2-9,16,22,25,28H,10-15,17,27H2,1H3. The summed E-state index contributed by atoms with van der Waals surface area (Å²) in [6.45, 7) is 1.49. The second kappa shape index (κ2) is 8.38. The van der Waals surface area contributed by atoms with Crippen LogP contribution in [0.5, 0.6) is 0 Å². The SMILES string of the molecule is CS(=O)(=O)N1c2ccccc2C2(CCNCC2)C1C(=O)C(N)CC1=Cc2ccccc2CC1. The van der Waals surface area contributed by atoms with Crippen LogP contribution in [-0.4, -0.2) is 45.6 Å². The van der Waals surface area contributed by atoms with Gasteiger partial charge in [0, 0.05) is 5.41 Å². The predicted molar refractivity (Wildman–Crippen MR) is 132 cm³/mol. The predicted octanol–water partition coefficient (Wildman–Crippen LogP) is 2.77. The number of piperidine rings is 1. The van der Waals surface area contributed by atoms with Crippen molar-refractivity contribution in [1.29, 1.82) is 0 Å². The summed E-state index contributed by atoms with van der Waals surface area (Å²) < 4.78 is 27.3. The highest BCUT2D eigenvalue weighted by atomic mass is 32.2. The molecule has 1 aliphatic carbocycles. The molecule has 2 atom stereocenters. The van der Waals surface area contributed by atoms with Gasteiger partial charge < -0.3 is 11.1 Å². The van der Waals surface area contributed by atoms with E-state index in [1.165, 1.54) is 21.7 Å². The Morgan fingerprint density at radius 2 is 1.82 bits per heavy atom. The van der Waals surface area contributed by atoms with E-state index in [1.54, 1.807) is 0 Å². The van der Waals surface area contributed by atoms with Crippen LogP contribution in [0.4, 0.5) is 5.69 Å². The number of fused-ring (bicyclic) bond motifs is 3. The molecule has 0 saturated carbocycles. The number of carbonyl (C=O) groups excluding carboxylic acids is 1. The molecule has 0 radical (unpaired) electrons. The Balaban J connectivity index is 1.50. The number of hydrogen-bond donors (Lipinski definition) is 2. The Morgan fingerprint density at radius 3 is 2.58 bits per heavy atom. The lowest BCUT2D eigenvalue weighted by molar-refractivity contribution is -0.123. The summed E-state index contributed by atoms with van der Waals surface area (Å²) in [5.74, 6) is -0.182. The van der Waals surface area contributed by atoms with Gasteiger partial charge in [-0.05, 0) is 68.0 Å². The van der Waals surface area contributed by atoms with Gasteiger partial charge in [-0.2, -0.15) is 0 Å². The van der Waals surface area contributed by atoms with Crippen molar-refractivity contribution >= 4 is 27.6 Å². The third-order valence-corrected chi connectivity index (χ3v) is 8.66. The molecule has 2 aliphatic heterocycles. The van der Waals surface area contributed by atoms with Gasteiger partial charge in [-0.3, -0.25) is 9.10 Å². The third kappa shape index (κ3) is 3.82. The average molecular weight is 466 g/mol. The first-order valence-corrected chi connectivity index (χ1v) is 13.5. The molecule has 2 heterocycles. The van der Waals surface area contributed by atoms with E-state index in [1.807, 2.05) is 36.4 Å². The molecule has 0 amide bonds. The number of nitrogens with two attached hydrogens (primary N) is 1. The van der Waals surface area contributed by atoms with E-state index in [0.29, 0.717) is 24.9 Å². The molecular formula is C26H31N3O3S. The number of para-hydroxylation sites is 1. The molecule has 3 N–H and O–H groups in total. The number of aryl methyl sites for hydroxylation is 1. The first-order chi connectivity index (χ1) is 15.8. The number of Topliss-reactive ketones (excluding diaryl/α,β-unsaturated/α-hetero) is 1. The van der Waals surface area contributed by atoms with Crippen LogP contribution in [0, 0.1) is 0 Å². The zero-order valence-electron chi connectivity index (χ0n) is 19.0. The Labute approximate surface area is 195 Å². The molecule has 0 bridgehead atoms. The summed E-state index contributed by atoms with van der Waals surface area (Å²) in [6.07, 6.45) is 6.99. The highest BCUT2D eigenvalue weighted by molar-refractivity contribution is 7.92. The number of ketones is 1. The highest BCUT2D eigenvalue weighted by Gasteiger charge is 2.57. The van der Waals surface area contributed by atoms with Crippen molar-refractivity contribution in [3.63, 3.8) is 0 Å². The minimum absolute atomic E-state index is 0.182. The molecule has 6 nitrogen and oxygen atoms in total. The first-order valence-electron chi connectivity index (χ1n) is 11.7. The summed E-state index contributed by atoms with van der Waals surface area (Å²) in [6, 6.07) is 14.3. The van der Waals surface area contributed by atoms with Crippen molar-refractivity contribution in [2.45, 2.75) is 49.6 Å². The Hall–Kier alpha value is -2.48. The molecule has 5 rings (SSSR count). The topological polar surface area (TPSA) is 92.5 Å². The number of anilines is 1. The quantitative estimate of drug-likeness (QED) is 0.708. The molecular weight excluding hydrogens is 434 g/mol. The average Bonchev–Trinajstić information content (AvgIpc) is 3.09. The molecule has 1 spiro atoms. The fraction of sp³-hybridized carbons (Fsp3) is 0.423. The number of rotatable bonds is 5. The zero-order valence-corrected chi connectivity index (χ0v) is 19.8. The van der Waals surface area contributed by atoms with Crippen molar-refractivity contribution in [2.24, 2.45) is 5.73 Å². The monoisotopic (exact) mass is 465 g/mol. The van der Waals surface area contributed by atoms with Crippen LogP contribution in [0.1, 0.15) is 42.4 Å². The van der Waals surface area contributed by atoms with Crippen LogP contribution in [0.15, 0.2) is 54.1 Å². The summed E-state index contributed by atoms with van der Waals surface area (Å²) in [5, 5.41) is 3.36. The van der Waals surface area contributed by atoms with Crippen LogP contribution in [0.25, 0.3) is 6.08 Å². The first kappa shape index (κ1) is 22.3. The van der Waals surface area contributed by atoms with Gasteiger partial charge in [-0.25, -0.2) is 8.42 Å².